The van der Waals surface area contributed by atoms with Gasteiger partial charge in [0.05, 0.1) is 10.9 Å². The van der Waals surface area contributed by atoms with Crippen molar-refractivity contribution < 1.29 is 19.4 Å². The van der Waals surface area contributed by atoms with Gasteiger partial charge in [0.15, 0.2) is 11.5 Å². The molecule has 5 heteroatoms. The average Bonchev–Trinajstić information content (AvgIpc) is 2.73. The van der Waals surface area contributed by atoms with E-state index in [2.05, 4.69) is 0 Å². The number of hydrogen-bond acceptors (Lipinski definition) is 3. The van der Waals surface area contributed by atoms with Crippen molar-refractivity contribution in [3.63, 3.8) is 0 Å². The molecular weight excluding hydrogens is 244 g/mol. The van der Waals surface area contributed by atoms with Crippen molar-refractivity contribution in [2.75, 3.05) is 6.79 Å². The van der Waals surface area contributed by atoms with Crippen LogP contribution in [0.2, 0.25) is 5.02 Å². The lowest BCUT2D eigenvalue weighted by atomic mass is 9.97. The van der Waals surface area contributed by atoms with E-state index in [4.69, 9.17) is 26.2 Å². The van der Waals surface area contributed by atoms with Gasteiger partial charge in [-0.05, 0) is 30.5 Å². The summed E-state index contributed by atoms with van der Waals surface area (Å²) in [5.41, 5.74) is 1.73. The molecule has 17 heavy (non-hydrogen) atoms. The number of carboxylic acids is 1. The number of halogens is 1. The molecule has 92 valence electrons. The highest BCUT2D eigenvalue weighted by atomic mass is 35.5. The zero-order chi connectivity index (χ0) is 12.6. The molecule has 4 nitrogen and oxygen atoms in total. The van der Waals surface area contributed by atoms with Gasteiger partial charge in [0.2, 0.25) is 6.79 Å². The van der Waals surface area contributed by atoms with E-state index >= 15 is 0 Å². The van der Waals surface area contributed by atoms with Crippen LogP contribution < -0.4 is 9.47 Å². The molecule has 1 heterocycles. The van der Waals surface area contributed by atoms with Crippen molar-refractivity contribution in [3.05, 3.63) is 22.2 Å². The zero-order valence-electron chi connectivity index (χ0n) is 9.62. The molecule has 0 aromatic heterocycles. The van der Waals surface area contributed by atoms with Crippen molar-refractivity contribution in [2.45, 2.75) is 20.3 Å². The quantitative estimate of drug-likeness (QED) is 0.903. The summed E-state index contributed by atoms with van der Waals surface area (Å²) in [6.45, 7) is 3.68. The van der Waals surface area contributed by atoms with Crippen molar-refractivity contribution in [1.29, 1.82) is 0 Å². The number of hydrogen-bond donors (Lipinski definition) is 1. The molecule has 0 amide bonds. The second-order valence-corrected chi connectivity index (χ2v) is 4.53. The lowest BCUT2D eigenvalue weighted by Crippen LogP contribution is -2.13. The third-order valence-electron chi connectivity index (χ3n) is 2.90. The predicted octanol–water partition coefficient (Wildman–Crippen LogP) is 2.64. The number of aliphatic carboxylic acids is 1. The maximum absolute atomic E-state index is 10.8. The Labute approximate surface area is 104 Å². The molecule has 0 fully saturated rings. The lowest BCUT2D eigenvalue weighted by molar-refractivity contribution is -0.141. The molecule has 0 saturated heterocycles. The molecule has 0 aliphatic carbocycles. The fraction of sp³-hybridized carbons (Fsp3) is 0.417. The minimum atomic E-state index is -0.821. The largest absolute Gasteiger partial charge is 0.481 e. The second-order valence-electron chi connectivity index (χ2n) is 4.15. The van der Waals surface area contributed by atoms with Crippen molar-refractivity contribution in [2.24, 2.45) is 5.92 Å². The van der Waals surface area contributed by atoms with Gasteiger partial charge in [-0.25, -0.2) is 0 Å². The lowest BCUT2D eigenvalue weighted by Gasteiger charge is -2.12. The van der Waals surface area contributed by atoms with Gasteiger partial charge in [0.25, 0.3) is 0 Å². The van der Waals surface area contributed by atoms with Gasteiger partial charge >= 0.3 is 5.97 Å². The first-order valence-corrected chi connectivity index (χ1v) is 5.69. The molecule has 1 N–H and O–H groups in total. The van der Waals surface area contributed by atoms with Crippen LogP contribution in [-0.4, -0.2) is 17.9 Å². The molecular formula is C12H13ClO4. The van der Waals surface area contributed by atoms with Gasteiger partial charge in [0.1, 0.15) is 0 Å². The maximum atomic E-state index is 10.8. The van der Waals surface area contributed by atoms with E-state index in [1.807, 2.05) is 13.0 Å². The van der Waals surface area contributed by atoms with Crippen LogP contribution in [0.1, 0.15) is 18.1 Å². The van der Waals surface area contributed by atoms with E-state index in [9.17, 15) is 4.79 Å². The monoisotopic (exact) mass is 256 g/mol. The zero-order valence-corrected chi connectivity index (χ0v) is 10.4. The first-order valence-electron chi connectivity index (χ1n) is 5.31. The summed E-state index contributed by atoms with van der Waals surface area (Å²) in [5, 5.41) is 9.42. The summed E-state index contributed by atoms with van der Waals surface area (Å²) in [5.74, 6) is -0.132. The van der Waals surface area contributed by atoms with Crippen LogP contribution in [0.25, 0.3) is 0 Å². The van der Waals surface area contributed by atoms with Crippen LogP contribution in [0.3, 0.4) is 0 Å². The summed E-state index contributed by atoms with van der Waals surface area (Å²) in [7, 11) is 0. The van der Waals surface area contributed by atoms with Crippen LogP contribution in [0.4, 0.5) is 0 Å². The Morgan fingerprint density at radius 1 is 1.59 bits per heavy atom. The standard InChI is InChI=1S/C12H13ClO4/c1-6(12(14)15)3-8-4-9-11(17-5-16-9)10(13)7(8)2/h4,6H,3,5H2,1-2H3,(H,14,15). The van der Waals surface area contributed by atoms with E-state index in [0.29, 0.717) is 22.9 Å². The maximum Gasteiger partial charge on any atom is 0.306 e. The van der Waals surface area contributed by atoms with Gasteiger partial charge in [-0.3, -0.25) is 4.79 Å². The molecule has 1 aliphatic heterocycles. The number of carboxylic acid groups (broad SMARTS) is 1. The summed E-state index contributed by atoms with van der Waals surface area (Å²) in [6, 6.07) is 1.81. The Bertz CT molecular complexity index is 470. The van der Waals surface area contributed by atoms with Crippen molar-refractivity contribution >= 4 is 17.6 Å². The first kappa shape index (κ1) is 12.0. The summed E-state index contributed by atoms with van der Waals surface area (Å²) < 4.78 is 10.5. The Kier molecular flexibility index (Phi) is 3.15. The van der Waals surface area contributed by atoms with E-state index < -0.39 is 11.9 Å². The van der Waals surface area contributed by atoms with Crippen LogP contribution in [0, 0.1) is 12.8 Å². The van der Waals surface area contributed by atoms with E-state index in [1.165, 1.54) is 0 Å². The van der Waals surface area contributed by atoms with Crippen molar-refractivity contribution in [1.82, 2.24) is 0 Å². The van der Waals surface area contributed by atoms with Crippen LogP contribution in [-0.2, 0) is 11.2 Å². The predicted molar refractivity (Wildman–Crippen MR) is 62.8 cm³/mol. The first-order chi connectivity index (χ1) is 8.00. The molecule has 2 rings (SSSR count). The minimum Gasteiger partial charge on any atom is -0.481 e. The molecule has 0 spiro atoms. The number of rotatable bonds is 3. The normalized spacial score (nSPS) is 14.8. The van der Waals surface area contributed by atoms with E-state index in [0.717, 1.165) is 11.1 Å². The van der Waals surface area contributed by atoms with Gasteiger partial charge in [-0.2, -0.15) is 0 Å². The molecule has 1 aliphatic rings. The fourth-order valence-corrected chi connectivity index (χ4v) is 2.04. The molecule has 1 unspecified atom stereocenters. The molecule has 0 bridgehead atoms. The van der Waals surface area contributed by atoms with E-state index in [1.54, 1.807) is 6.92 Å². The van der Waals surface area contributed by atoms with Gasteiger partial charge in [-0.1, -0.05) is 18.5 Å². The SMILES string of the molecule is Cc1c(CC(C)C(=O)O)cc2c(c1Cl)OCO2. The Morgan fingerprint density at radius 2 is 2.29 bits per heavy atom. The molecule has 0 radical (unpaired) electrons. The van der Waals surface area contributed by atoms with Crippen LogP contribution in [0.15, 0.2) is 6.07 Å². The third-order valence-corrected chi connectivity index (χ3v) is 3.36. The van der Waals surface area contributed by atoms with Crippen molar-refractivity contribution in [3.8, 4) is 11.5 Å². The average molecular weight is 257 g/mol. The molecule has 1 atom stereocenters. The number of ether oxygens (including phenoxy) is 2. The van der Waals surface area contributed by atoms with Gasteiger partial charge in [-0.15, -0.1) is 0 Å². The van der Waals surface area contributed by atoms with Gasteiger partial charge in [0, 0.05) is 0 Å². The highest BCUT2D eigenvalue weighted by molar-refractivity contribution is 6.33. The Balaban J connectivity index is 2.36. The van der Waals surface area contributed by atoms with Crippen LogP contribution >= 0.6 is 11.6 Å². The molecule has 0 saturated carbocycles. The summed E-state index contributed by atoms with van der Waals surface area (Å²) in [4.78, 5) is 10.8. The third kappa shape index (κ3) is 2.17. The fourth-order valence-electron chi connectivity index (χ4n) is 1.77. The number of fused-ring (bicyclic) bond motifs is 1. The highest BCUT2D eigenvalue weighted by Crippen LogP contribution is 2.42. The highest BCUT2D eigenvalue weighted by Gasteiger charge is 2.23. The number of benzene rings is 1. The number of carbonyl (C=O) groups is 1. The summed E-state index contributed by atoms with van der Waals surface area (Å²) >= 11 is 6.15. The van der Waals surface area contributed by atoms with Crippen LogP contribution in [0.5, 0.6) is 11.5 Å². The minimum absolute atomic E-state index is 0.159. The Hall–Kier alpha value is -1.42. The second kappa shape index (κ2) is 4.45. The topological polar surface area (TPSA) is 55.8 Å². The summed E-state index contributed by atoms with van der Waals surface area (Å²) in [6.07, 6.45) is 0.428. The van der Waals surface area contributed by atoms with Gasteiger partial charge < -0.3 is 14.6 Å². The van der Waals surface area contributed by atoms with E-state index in [-0.39, 0.29) is 6.79 Å². The molecule has 1 aromatic carbocycles. The Morgan fingerprint density at radius 3 is 2.94 bits per heavy atom. The molecule has 1 aromatic rings. The smallest absolute Gasteiger partial charge is 0.306 e.